The fourth-order valence-electron chi connectivity index (χ4n) is 2.98. The molecule has 0 saturated carbocycles. The number of nitrogens with one attached hydrogen (secondary N) is 1. The minimum atomic E-state index is -0.129. The van der Waals surface area contributed by atoms with E-state index in [1.807, 2.05) is 29.0 Å². The van der Waals surface area contributed by atoms with E-state index in [2.05, 4.69) is 22.4 Å². The predicted molar refractivity (Wildman–Crippen MR) is 86.8 cm³/mol. The van der Waals surface area contributed by atoms with Gasteiger partial charge < -0.3 is 19.9 Å². The van der Waals surface area contributed by atoms with Crippen LogP contribution < -0.4 is 5.32 Å². The van der Waals surface area contributed by atoms with E-state index in [1.165, 1.54) is 5.56 Å². The minimum Gasteiger partial charge on any atom is -0.394 e. The van der Waals surface area contributed by atoms with Crippen LogP contribution in [-0.2, 0) is 13.1 Å². The van der Waals surface area contributed by atoms with E-state index < -0.39 is 0 Å². The number of aromatic nitrogens is 2. The molecule has 0 unspecified atom stereocenters. The molecule has 1 aliphatic rings. The quantitative estimate of drug-likeness (QED) is 0.880. The Morgan fingerprint density at radius 1 is 1.35 bits per heavy atom. The maximum absolute atomic E-state index is 12.2. The number of nitrogens with zero attached hydrogens (tertiary/aromatic N) is 3. The number of carbonyl (C=O) groups excluding carboxylic acids is 1. The summed E-state index contributed by atoms with van der Waals surface area (Å²) < 4.78 is 2.03. The topological polar surface area (TPSA) is 70.4 Å². The molecule has 6 heteroatoms. The SMILES string of the molecule is O=C(NCc1nccn1Cc1ccccc1)N1CCC[C@H]1CO. The van der Waals surface area contributed by atoms with Gasteiger partial charge in [-0.25, -0.2) is 9.78 Å². The molecule has 1 saturated heterocycles. The molecule has 1 fully saturated rings. The van der Waals surface area contributed by atoms with Gasteiger partial charge in [-0.1, -0.05) is 30.3 Å². The Labute approximate surface area is 135 Å². The summed E-state index contributed by atoms with van der Waals surface area (Å²) in [7, 11) is 0. The monoisotopic (exact) mass is 314 g/mol. The van der Waals surface area contributed by atoms with Crippen LogP contribution in [0.1, 0.15) is 24.2 Å². The van der Waals surface area contributed by atoms with Crippen molar-refractivity contribution in [2.45, 2.75) is 32.0 Å². The largest absolute Gasteiger partial charge is 0.394 e. The lowest BCUT2D eigenvalue weighted by molar-refractivity contribution is 0.156. The second-order valence-corrected chi connectivity index (χ2v) is 5.79. The van der Waals surface area contributed by atoms with E-state index in [4.69, 9.17) is 0 Å². The number of aliphatic hydroxyl groups is 1. The Morgan fingerprint density at radius 2 is 2.17 bits per heavy atom. The van der Waals surface area contributed by atoms with Crippen molar-refractivity contribution >= 4 is 6.03 Å². The van der Waals surface area contributed by atoms with Gasteiger partial charge in [0.2, 0.25) is 0 Å². The highest BCUT2D eigenvalue weighted by Gasteiger charge is 2.27. The second-order valence-electron chi connectivity index (χ2n) is 5.79. The first-order chi connectivity index (χ1) is 11.3. The third kappa shape index (κ3) is 3.71. The van der Waals surface area contributed by atoms with E-state index in [0.717, 1.165) is 25.2 Å². The number of benzene rings is 1. The Morgan fingerprint density at radius 3 is 2.96 bits per heavy atom. The van der Waals surface area contributed by atoms with Crippen LogP contribution in [0.25, 0.3) is 0 Å². The third-order valence-electron chi connectivity index (χ3n) is 4.24. The van der Waals surface area contributed by atoms with Gasteiger partial charge in [0.05, 0.1) is 19.2 Å². The van der Waals surface area contributed by atoms with Crippen molar-refractivity contribution in [2.75, 3.05) is 13.2 Å². The number of urea groups is 1. The molecule has 6 nitrogen and oxygen atoms in total. The number of hydrogen-bond donors (Lipinski definition) is 2. The lowest BCUT2D eigenvalue weighted by Crippen LogP contribution is -2.44. The van der Waals surface area contributed by atoms with Crippen LogP contribution in [0.5, 0.6) is 0 Å². The highest BCUT2D eigenvalue weighted by molar-refractivity contribution is 5.74. The highest BCUT2D eigenvalue weighted by atomic mass is 16.3. The zero-order valence-corrected chi connectivity index (χ0v) is 13.1. The molecule has 122 valence electrons. The number of likely N-dealkylation sites (tertiary alicyclic amines) is 1. The Bertz CT molecular complexity index is 641. The molecular weight excluding hydrogens is 292 g/mol. The number of hydrogen-bond acceptors (Lipinski definition) is 3. The van der Waals surface area contributed by atoms with Crippen LogP contribution in [0.15, 0.2) is 42.7 Å². The molecule has 23 heavy (non-hydrogen) atoms. The van der Waals surface area contributed by atoms with Gasteiger partial charge in [0, 0.05) is 25.5 Å². The maximum atomic E-state index is 12.2. The Hall–Kier alpha value is -2.34. The van der Waals surface area contributed by atoms with Crippen LogP contribution in [0.3, 0.4) is 0 Å². The first-order valence-electron chi connectivity index (χ1n) is 7.97. The van der Waals surface area contributed by atoms with Gasteiger partial charge in [-0.2, -0.15) is 0 Å². The summed E-state index contributed by atoms with van der Waals surface area (Å²) in [5, 5.41) is 12.2. The van der Waals surface area contributed by atoms with Crippen LogP contribution >= 0.6 is 0 Å². The number of amides is 2. The van der Waals surface area contributed by atoms with Crippen molar-refractivity contribution in [2.24, 2.45) is 0 Å². The molecule has 1 aromatic heterocycles. The Kier molecular flexibility index (Phi) is 4.92. The average Bonchev–Trinajstić information content (AvgIpc) is 3.22. The van der Waals surface area contributed by atoms with E-state index in [-0.39, 0.29) is 18.7 Å². The van der Waals surface area contributed by atoms with Gasteiger partial charge >= 0.3 is 6.03 Å². The normalized spacial score (nSPS) is 17.4. The van der Waals surface area contributed by atoms with Crippen LogP contribution in [0.4, 0.5) is 4.79 Å². The molecule has 2 N–H and O–H groups in total. The van der Waals surface area contributed by atoms with Crippen molar-refractivity contribution in [1.29, 1.82) is 0 Å². The van der Waals surface area contributed by atoms with Crippen LogP contribution in [0.2, 0.25) is 0 Å². The molecule has 1 aromatic carbocycles. The number of rotatable bonds is 5. The molecule has 0 aliphatic carbocycles. The predicted octanol–water partition coefficient (Wildman–Crippen LogP) is 1.60. The van der Waals surface area contributed by atoms with Gasteiger partial charge in [0.25, 0.3) is 0 Å². The fraction of sp³-hybridized carbons (Fsp3) is 0.412. The summed E-state index contributed by atoms with van der Waals surface area (Å²) >= 11 is 0. The van der Waals surface area contributed by atoms with E-state index in [9.17, 15) is 9.90 Å². The smallest absolute Gasteiger partial charge is 0.318 e. The Balaban J connectivity index is 1.59. The molecule has 0 bridgehead atoms. The summed E-state index contributed by atoms with van der Waals surface area (Å²) in [6, 6.07) is 9.96. The van der Waals surface area contributed by atoms with Crippen LogP contribution in [0, 0.1) is 0 Å². The molecule has 0 spiro atoms. The second kappa shape index (κ2) is 7.28. The molecule has 1 atom stereocenters. The fourth-order valence-corrected chi connectivity index (χ4v) is 2.98. The van der Waals surface area contributed by atoms with Crippen molar-refractivity contribution < 1.29 is 9.90 Å². The molecule has 1 aliphatic heterocycles. The summed E-state index contributed by atoms with van der Waals surface area (Å²) in [6.45, 7) is 1.84. The van der Waals surface area contributed by atoms with Crippen molar-refractivity contribution in [3.63, 3.8) is 0 Å². The standard InChI is InChI=1S/C17H22N4O2/c22-13-15-7-4-9-21(15)17(23)19-11-16-18-8-10-20(16)12-14-5-2-1-3-6-14/h1-3,5-6,8,10,15,22H,4,7,9,11-13H2,(H,19,23)/t15-/m0/s1. The van der Waals surface area contributed by atoms with Gasteiger partial charge in [-0.15, -0.1) is 0 Å². The van der Waals surface area contributed by atoms with Crippen molar-refractivity contribution in [3.05, 3.63) is 54.1 Å². The summed E-state index contributed by atoms with van der Waals surface area (Å²) in [5.74, 6) is 0.821. The molecular formula is C17H22N4O2. The minimum absolute atomic E-state index is 0.0239. The zero-order chi connectivity index (χ0) is 16.1. The lowest BCUT2D eigenvalue weighted by Gasteiger charge is -2.23. The first kappa shape index (κ1) is 15.6. The lowest BCUT2D eigenvalue weighted by atomic mass is 10.2. The van der Waals surface area contributed by atoms with Gasteiger partial charge in [0.15, 0.2) is 0 Å². The van der Waals surface area contributed by atoms with Crippen LogP contribution in [-0.4, -0.2) is 44.8 Å². The summed E-state index contributed by atoms with van der Waals surface area (Å²) in [6.07, 6.45) is 5.48. The van der Waals surface area contributed by atoms with E-state index >= 15 is 0 Å². The first-order valence-corrected chi connectivity index (χ1v) is 7.97. The third-order valence-corrected chi connectivity index (χ3v) is 4.24. The van der Waals surface area contributed by atoms with Crippen molar-refractivity contribution in [1.82, 2.24) is 19.8 Å². The summed E-state index contributed by atoms with van der Waals surface area (Å²) in [5.41, 5.74) is 1.19. The van der Waals surface area contributed by atoms with E-state index in [0.29, 0.717) is 13.1 Å². The maximum Gasteiger partial charge on any atom is 0.318 e. The number of imidazole rings is 1. The van der Waals surface area contributed by atoms with Gasteiger partial charge in [0.1, 0.15) is 5.82 Å². The average molecular weight is 314 g/mol. The zero-order valence-electron chi connectivity index (χ0n) is 13.1. The molecule has 3 rings (SSSR count). The molecule has 2 amide bonds. The number of aliphatic hydroxyl groups excluding tert-OH is 1. The van der Waals surface area contributed by atoms with Crippen molar-refractivity contribution in [3.8, 4) is 0 Å². The highest BCUT2D eigenvalue weighted by Crippen LogP contribution is 2.16. The molecule has 2 heterocycles. The molecule has 2 aromatic rings. The van der Waals surface area contributed by atoms with Gasteiger partial charge in [-0.05, 0) is 18.4 Å². The van der Waals surface area contributed by atoms with E-state index in [1.54, 1.807) is 11.1 Å². The summed E-state index contributed by atoms with van der Waals surface area (Å²) in [4.78, 5) is 18.3. The van der Waals surface area contributed by atoms with Gasteiger partial charge in [-0.3, -0.25) is 0 Å². The number of carbonyl (C=O) groups is 1. The molecule has 0 radical (unpaired) electrons.